The topological polar surface area (TPSA) is 82.1 Å². The van der Waals surface area contributed by atoms with Crippen molar-refractivity contribution >= 4 is 13.8 Å². The van der Waals surface area contributed by atoms with Gasteiger partial charge in [-0.25, -0.2) is 9.36 Å². The fourth-order valence-corrected chi connectivity index (χ4v) is 2.18. The second kappa shape index (κ2) is 10.9. The highest BCUT2D eigenvalue weighted by Gasteiger charge is 2.21. The van der Waals surface area contributed by atoms with Crippen LogP contribution >= 0.6 is 7.82 Å². The number of unbranched alkanes of at least 4 members (excludes halogenated alkanes) is 3. The monoisotopic (exact) mass is 338 g/mol. The third-order valence-electron chi connectivity index (χ3n) is 2.72. The number of phosphoric acid groups is 1. The van der Waals surface area contributed by atoms with E-state index in [1.807, 2.05) is 21.1 Å². The molecule has 0 aliphatic rings. The van der Waals surface area contributed by atoms with Crippen LogP contribution in [0, 0.1) is 0 Å². The molecule has 0 rings (SSSR count). The summed E-state index contributed by atoms with van der Waals surface area (Å²) in [5.41, 5.74) is 0. The normalized spacial score (nSPS) is 14.4. The number of rotatable bonds is 13. The second-order valence-corrected chi connectivity index (χ2v) is 7.39. The second-order valence-electron chi connectivity index (χ2n) is 5.93. The third-order valence-corrected chi connectivity index (χ3v) is 3.74. The first-order chi connectivity index (χ1) is 10.2. The van der Waals surface area contributed by atoms with E-state index in [2.05, 4.69) is 6.58 Å². The molecule has 0 amide bonds. The van der Waals surface area contributed by atoms with Crippen molar-refractivity contribution in [2.75, 3.05) is 47.5 Å². The largest absolute Gasteiger partial charge is 0.472 e. The SMILES string of the molecule is C=CC(=O)OCCCCCCOP(=O)(O)OCC[N+](C)(C)C. The van der Waals surface area contributed by atoms with Crippen LogP contribution in [0.15, 0.2) is 12.7 Å². The smallest absolute Gasteiger partial charge is 0.463 e. The minimum absolute atomic E-state index is 0.171. The Morgan fingerprint density at radius 3 is 2.18 bits per heavy atom. The summed E-state index contributed by atoms with van der Waals surface area (Å²) in [5, 5.41) is 0. The van der Waals surface area contributed by atoms with Crippen molar-refractivity contribution in [2.45, 2.75) is 25.7 Å². The highest BCUT2D eigenvalue weighted by Crippen LogP contribution is 2.43. The number of phosphoric ester groups is 1. The molecule has 0 aliphatic heterocycles. The fourth-order valence-electron chi connectivity index (χ4n) is 1.44. The van der Waals surface area contributed by atoms with Gasteiger partial charge in [0.2, 0.25) is 0 Å². The van der Waals surface area contributed by atoms with Crippen molar-refractivity contribution in [1.29, 1.82) is 0 Å². The number of hydrogen-bond donors (Lipinski definition) is 1. The maximum atomic E-state index is 11.6. The van der Waals surface area contributed by atoms with Crippen LogP contribution in [0.3, 0.4) is 0 Å². The zero-order valence-corrected chi connectivity index (χ0v) is 14.7. The molecule has 0 aromatic carbocycles. The first-order valence-corrected chi connectivity index (χ1v) is 8.87. The van der Waals surface area contributed by atoms with Crippen LogP contribution in [-0.4, -0.2) is 62.9 Å². The van der Waals surface area contributed by atoms with Gasteiger partial charge in [0.05, 0.1) is 34.4 Å². The van der Waals surface area contributed by atoms with Gasteiger partial charge in [-0.05, 0) is 19.3 Å². The number of carbonyl (C=O) groups is 1. The van der Waals surface area contributed by atoms with Gasteiger partial charge in [-0.3, -0.25) is 9.05 Å². The first-order valence-electron chi connectivity index (χ1n) is 7.38. The number of hydrogen-bond acceptors (Lipinski definition) is 5. The Kier molecular flexibility index (Phi) is 10.6. The lowest BCUT2D eigenvalue weighted by Gasteiger charge is -2.24. The van der Waals surface area contributed by atoms with E-state index in [0.29, 0.717) is 24.1 Å². The van der Waals surface area contributed by atoms with Crippen LogP contribution in [0.25, 0.3) is 0 Å². The van der Waals surface area contributed by atoms with Crippen molar-refractivity contribution in [2.24, 2.45) is 0 Å². The number of carbonyl (C=O) groups excluding carboxylic acids is 1. The molecule has 7 nitrogen and oxygen atoms in total. The van der Waals surface area contributed by atoms with Crippen LogP contribution < -0.4 is 0 Å². The van der Waals surface area contributed by atoms with Crippen LogP contribution in [0.2, 0.25) is 0 Å². The van der Waals surface area contributed by atoms with Crippen LogP contribution in [0.4, 0.5) is 0 Å². The Morgan fingerprint density at radius 1 is 1.09 bits per heavy atom. The summed E-state index contributed by atoms with van der Waals surface area (Å²) in [6, 6.07) is 0. The molecule has 0 aliphatic carbocycles. The number of nitrogens with zero attached hydrogens (tertiary/aromatic N) is 1. The zero-order valence-electron chi connectivity index (χ0n) is 13.8. The summed E-state index contributed by atoms with van der Waals surface area (Å²) in [4.78, 5) is 20.2. The van der Waals surface area contributed by atoms with Gasteiger partial charge in [0.1, 0.15) is 13.2 Å². The zero-order chi connectivity index (χ0) is 17.1. The number of quaternary nitrogens is 1. The van der Waals surface area contributed by atoms with E-state index in [4.69, 9.17) is 13.8 Å². The molecule has 0 saturated carbocycles. The molecule has 0 aromatic rings. The molecule has 0 heterocycles. The summed E-state index contributed by atoms with van der Waals surface area (Å²) < 4.78 is 26.8. The summed E-state index contributed by atoms with van der Waals surface area (Å²) in [6.07, 6.45) is 4.20. The molecule has 0 saturated heterocycles. The molecule has 0 aromatic heterocycles. The lowest BCUT2D eigenvalue weighted by atomic mass is 10.2. The molecular weight excluding hydrogens is 309 g/mol. The van der Waals surface area contributed by atoms with Gasteiger partial charge in [0.15, 0.2) is 0 Å². The van der Waals surface area contributed by atoms with Gasteiger partial charge in [0.25, 0.3) is 0 Å². The minimum atomic E-state index is -3.95. The number of esters is 1. The molecule has 0 spiro atoms. The Labute approximate surface area is 133 Å². The standard InChI is InChI=1S/C14H28NO6P/c1-5-14(16)19-11-8-6-7-9-12-20-22(17,18)21-13-10-15(2,3)4/h5H,1,6-13H2,2-4H3/p+1. The molecule has 0 bridgehead atoms. The molecule has 0 fully saturated rings. The van der Waals surface area contributed by atoms with E-state index in [1.165, 1.54) is 0 Å². The third kappa shape index (κ3) is 14.2. The quantitative estimate of drug-likeness (QED) is 0.182. The molecule has 1 atom stereocenters. The Morgan fingerprint density at radius 2 is 1.64 bits per heavy atom. The van der Waals surface area contributed by atoms with Gasteiger partial charge in [-0.1, -0.05) is 13.0 Å². The van der Waals surface area contributed by atoms with E-state index in [1.54, 1.807) is 0 Å². The summed E-state index contributed by atoms with van der Waals surface area (Å²) in [5.74, 6) is -0.421. The van der Waals surface area contributed by atoms with Crippen LogP contribution in [0.5, 0.6) is 0 Å². The van der Waals surface area contributed by atoms with Gasteiger partial charge >= 0.3 is 13.8 Å². The predicted octanol–water partition coefficient (Wildman–Crippen LogP) is 2.12. The fraction of sp³-hybridized carbons (Fsp3) is 0.786. The van der Waals surface area contributed by atoms with Crippen molar-refractivity contribution in [1.82, 2.24) is 0 Å². The number of ether oxygens (including phenoxy) is 1. The summed E-state index contributed by atoms with van der Waals surface area (Å²) in [7, 11) is 1.97. The van der Waals surface area contributed by atoms with E-state index in [0.717, 1.165) is 25.3 Å². The average molecular weight is 338 g/mol. The maximum absolute atomic E-state index is 11.6. The molecular formula is C14H29NO6P+. The lowest BCUT2D eigenvalue weighted by Crippen LogP contribution is -2.37. The van der Waals surface area contributed by atoms with Gasteiger partial charge < -0.3 is 14.1 Å². The Bertz CT molecular complexity index is 380. The van der Waals surface area contributed by atoms with Crippen molar-refractivity contribution < 1.29 is 32.5 Å². The van der Waals surface area contributed by atoms with Crippen LogP contribution in [0.1, 0.15) is 25.7 Å². The summed E-state index contributed by atoms with van der Waals surface area (Å²) >= 11 is 0. The van der Waals surface area contributed by atoms with Gasteiger partial charge in [0, 0.05) is 6.08 Å². The summed E-state index contributed by atoms with van der Waals surface area (Å²) in [6.45, 7) is 4.63. The van der Waals surface area contributed by atoms with Crippen molar-refractivity contribution in [3.8, 4) is 0 Å². The molecule has 8 heteroatoms. The highest BCUT2D eigenvalue weighted by molar-refractivity contribution is 7.47. The maximum Gasteiger partial charge on any atom is 0.472 e. The molecule has 22 heavy (non-hydrogen) atoms. The van der Waals surface area contributed by atoms with Crippen LogP contribution in [-0.2, 0) is 23.1 Å². The molecule has 130 valence electrons. The predicted molar refractivity (Wildman–Crippen MR) is 84.3 cm³/mol. The average Bonchev–Trinajstić information content (AvgIpc) is 2.39. The Balaban J connectivity index is 3.54. The van der Waals surface area contributed by atoms with E-state index >= 15 is 0 Å². The number of likely N-dealkylation sites (N-methyl/N-ethyl adjacent to an activating group) is 1. The minimum Gasteiger partial charge on any atom is -0.463 e. The lowest BCUT2D eigenvalue weighted by molar-refractivity contribution is -0.870. The first kappa shape index (κ1) is 21.3. The van der Waals surface area contributed by atoms with Crippen molar-refractivity contribution in [3.63, 3.8) is 0 Å². The highest BCUT2D eigenvalue weighted by atomic mass is 31.2. The van der Waals surface area contributed by atoms with E-state index < -0.39 is 13.8 Å². The van der Waals surface area contributed by atoms with E-state index in [9.17, 15) is 14.3 Å². The molecule has 0 radical (unpaired) electrons. The van der Waals surface area contributed by atoms with E-state index in [-0.39, 0.29) is 13.2 Å². The van der Waals surface area contributed by atoms with Gasteiger partial charge in [-0.2, -0.15) is 0 Å². The Hall–Kier alpha value is -0.720. The molecule has 1 N–H and O–H groups in total. The molecule has 1 unspecified atom stereocenters. The van der Waals surface area contributed by atoms with Gasteiger partial charge in [-0.15, -0.1) is 0 Å². The van der Waals surface area contributed by atoms with Crippen molar-refractivity contribution in [3.05, 3.63) is 12.7 Å².